The second-order valence-corrected chi connectivity index (χ2v) is 9.91. The molecular weight excluding hydrogens is 138 g/mol. The van der Waals surface area contributed by atoms with Crippen molar-refractivity contribution in [2.45, 2.75) is 44.6 Å². The fourth-order valence-electron chi connectivity index (χ4n) is 0.742. The molecule has 61 valence electrons. The lowest BCUT2D eigenvalue weighted by Gasteiger charge is -2.36. The number of hydrogen-bond donors (Lipinski definition) is 1. The molecule has 2 N–H and O–H groups in total. The van der Waals surface area contributed by atoms with Gasteiger partial charge < -0.3 is 5.73 Å². The van der Waals surface area contributed by atoms with Crippen molar-refractivity contribution in [1.82, 2.24) is 0 Å². The molecule has 0 fully saturated rings. The summed E-state index contributed by atoms with van der Waals surface area (Å²) < 4.78 is 0. The third-order valence-electron chi connectivity index (χ3n) is 2.41. The van der Waals surface area contributed by atoms with E-state index in [9.17, 15) is 0 Å². The third-order valence-corrected chi connectivity index (χ3v) is 6.09. The van der Waals surface area contributed by atoms with Crippen LogP contribution in [-0.4, -0.2) is 13.2 Å². The van der Waals surface area contributed by atoms with Crippen LogP contribution in [0.15, 0.2) is 0 Å². The Balaban J connectivity index is 4.10. The zero-order valence-electron chi connectivity index (χ0n) is 7.70. The van der Waals surface area contributed by atoms with E-state index in [1.807, 2.05) is 0 Å². The van der Waals surface area contributed by atoms with Crippen molar-refractivity contribution >= 4 is 8.07 Å². The van der Waals surface area contributed by atoms with Gasteiger partial charge in [0.05, 0.1) is 8.07 Å². The predicted molar refractivity (Wildman–Crippen MR) is 50.5 cm³/mol. The van der Waals surface area contributed by atoms with E-state index in [1.54, 1.807) is 0 Å². The Bertz CT molecular complexity index is 102. The predicted octanol–water partition coefficient (Wildman–Crippen LogP) is 2.20. The van der Waals surface area contributed by atoms with E-state index >= 15 is 0 Å². The largest absolute Gasteiger partial charge is 0.328 e. The summed E-state index contributed by atoms with van der Waals surface area (Å²) in [6.45, 7) is 12.9. The molecule has 1 radical (unpaired) electrons. The molecule has 0 aliphatic rings. The minimum Gasteiger partial charge on any atom is -0.328 e. The molecule has 0 aliphatic heterocycles. The van der Waals surface area contributed by atoms with Crippen LogP contribution in [0, 0.1) is 6.92 Å². The van der Waals surface area contributed by atoms with Gasteiger partial charge in [0, 0.05) is 5.16 Å². The first-order valence-corrected chi connectivity index (χ1v) is 7.39. The van der Waals surface area contributed by atoms with E-state index in [1.165, 1.54) is 0 Å². The van der Waals surface area contributed by atoms with Crippen molar-refractivity contribution in [3.8, 4) is 0 Å². The first-order chi connectivity index (χ1) is 4.31. The second-order valence-electron chi connectivity index (χ2n) is 4.27. The highest BCUT2D eigenvalue weighted by molar-refractivity contribution is 6.79. The van der Waals surface area contributed by atoms with E-state index in [0.29, 0.717) is 0 Å². The fourth-order valence-corrected chi connectivity index (χ4v) is 1.67. The molecule has 0 amide bonds. The van der Waals surface area contributed by atoms with E-state index in [2.05, 4.69) is 33.5 Å². The summed E-state index contributed by atoms with van der Waals surface area (Å²) in [5.41, 5.74) is 6.13. The average molecular weight is 158 g/mol. The van der Waals surface area contributed by atoms with Crippen LogP contribution in [0.3, 0.4) is 0 Å². The van der Waals surface area contributed by atoms with Gasteiger partial charge in [-0.05, 0) is 13.3 Å². The minimum atomic E-state index is -1.17. The molecule has 0 aromatic heterocycles. The van der Waals surface area contributed by atoms with Crippen LogP contribution >= 0.6 is 0 Å². The van der Waals surface area contributed by atoms with Crippen LogP contribution in [0.1, 0.15) is 19.8 Å². The molecule has 0 aliphatic carbocycles. The first-order valence-electron chi connectivity index (χ1n) is 3.89. The Morgan fingerprint density at radius 3 is 1.90 bits per heavy atom. The molecule has 0 aromatic rings. The topological polar surface area (TPSA) is 26.0 Å². The highest BCUT2D eigenvalue weighted by Crippen LogP contribution is 2.21. The lowest BCUT2D eigenvalue weighted by Crippen LogP contribution is -2.56. The number of nitrogens with two attached hydrogens (primary N) is 1. The van der Waals surface area contributed by atoms with Gasteiger partial charge in [-0.15, -0.1) is 0 Å². The number of hydrogen-bond acceptors (Lipinski definition) is 1. The SMILES string of the molecule is [CH2]CCC(C)(N)[Si](C)(C)C. The number of rotatable bonds is 3. The molecule has 0 heterocycles. The van der Waals surface area contributed by atoms with Gasteiger partial charge in [-0.25, -0.2) is 0 Å². The maximum Gasteiger partial charge on any atom is 0.0667 e. The quantitative estimate of drug-likeness (QED) is 0.626. The summed E-state index contributed by atoms with van der Waals surface area (Å²) in [7, 11) is -1.17. The summed E-state index contributed by atoms with van der Waals surface area (Å²) in [6, 6.07) is 0. The highest BCUT2D eigenvalue weighted by atomic mass is 28.3. The highest BCUT2D eigenvalue weighted by Gasteiger charge is 2.33. The van der Waals surface area contributed by atoms with Crippen molar-refractivity contribution in [3.63, 3.8) is 0 Å². The molecule has 0 saturated heterocycles. The summed E-state index contributed by atoms with van der Waals surface area (Å²) in [5, 5.41) is 0.0642. The van der Waals surface area contributed by atoms with Crippen LogP contribution in [0.4, 0.5) is 0 Å². The Hall–Kier alpha value is 0.177. The second kappa shape index (κ2) is 3.05. The Kier molecular flexibility index (Phi) is 3.11. The maximum absolute atomic E-state index is 6.13. The smallest absolute Gasteiger partial charge is 0.0667 e. The lowest BCUT2D eigenvalue weighted by molar-refractivity contribution is 0.576. The van der Waals surface area contributed by atoms with E-state index < -0.39 is 8.07 Å². The monoisotopic (exact) mass is 158 g/mol. The summed E-state index contributed by atoms with van der Waals surface area (Å²) >= 11 is 0. The maximum atomic E-state index is 6.13. The molecule has 2 heteroatoms. The van der Waals surface area contributed by atoms with Gasteiger partial charge in [0.25, 0.3) is 0 Å². The third kappa shape index (κ3) is 2.43. The average Bonchev–Trinajstić information content (AvgIpc) is 1.61. The van der Waals surface area contributed by atoms with Crippen molar-refractivity contribution < 1.29 is 0 Å². The van der Waals surface area contributed by atoms with Crippen LogP contribution in [0.5, 0.6) is 0 Å². The molecule has 10 heavy (non-hydrogen) atoms. The summed E-state index contributed by atoms with van der Waals surface area (Å²) in [5.74, 6) is 0. The fraction of sp³-hybridized carbons (Fsp3) is 0.875. The van der Waals surface area contributed by atoms with Gasteiger partial charge in [-0.3, -0.25) is 0 Å². The van der Waals surface area contributed by atoms with Gasteiger partial charge in [0.15, 0.2) is 0 Å². The molecule has 1 atom stereocenters. The van der Waals surface area contributed by atoms with E-state index in [4.69, 9.17) is 5.73 Å². The summed E-state index contributed by atoms with van der Waals surface area (Å²) in [4.78, 5) is 0. The van der Waals surface area contributed by atoms with Gasteiger partial charge in [-0.1, -0.05) is 33.0 Å². The molecule has 0 aromatic carbocycles. The van der Waals surface area contributed by atoms with Crippen molar-refractivity contribution in [1.29, 1.82) is 0 Å². The Labute approximate surface area is 66.0 Å². The molecule has 1 nitrogen and oxygen atoms in total. The van der Waals surface area contributed by atoms with Crippen LogP contribution in [0.2, 0.25) is 19.6 Å². The molecule has 0 saturated carbocycles. The van der Waals surface area contributed by atoms with E-state index in [-0.39, 0.29) is 5.16 Å². The molecule has 0 spiro atoms. The van der Waals surface area contributed by atoms with Crippen LogP contribution in [0.25, 0.3) is 0 Å². The van der Waals surface area contributed by atoms with Crippen LogP contribution in [-0.2, 0) is 0 Å². The molecule has 1 unspecified atom stereocenters. The minimum absolute atomic E-state index is 0.0642. The molecular formula is C8H20NSi. The standard InChI is InChI=1S/C8H20NSi/c1-6-7-8(2,9)10(3,4)5/h1,6-7,9H2,2-5H3. The first kappa shape index (κ1) is 10.2. The van der Waals surface area contributed by atoms with E-state index in [0.717, 1.165) is 12.8 Å². The van der Waals surface area contributed by atoms with Crippen molar-refractivity contribution in [2.75, 3.05) is 0 Å². The van der Waals surface area contributed by atoms with Crippen molar-refractivity contribution in [2.24, 2.45) is 5.73 Å². The lowest BCUT2D eigenvalue weighted by atomic mass is 10.2. The van der Waals surface area contributed by atoms with Crippen molar-refractivity contribution in [3.05, 3.63) is 6.92 Å². The Morgan fingerprint density at radius 2 is 1.80 bits per heavy atom. The Morgan fingerprint density at radius 1 is 1.40 bits per heavy atom. The van der Waals surface area contributed by atoms with Gasteiger partial charge in [0.2, 0.25) is 0 Å². The zero-order valence-corrected chi connectivity index (χ0v) is 8.70. The van der Waals surface area contributed by atoms with Gasteiger partial charge in [0.1, 0.15) is 0 Å². The summed E-state index contributed by atoms with van der Waals surface area (Å²) in [6.07, 6.45) is 2.01. The normalized spacial score (nSPS) is 18.6. The van der Waals surface area contributed by atoms with Gasteiger partial charge >= 0.3 is 0 Å². The van der Waals surface area contributed by atoms with Crippen LogP contribution < -0.4 is 5.73 Å². The molecule has 0 bridgehead atoms. The molecule has 0 rings (SSSR count). The zero-order chi connectivity index (χ0) is 8.41. The van der Waals surface area contributed by atoms with Gasteiger partial charge in [-0.2, -0.15) is 0 Å².